The molecule has 0 fully saturated rings. The minimum absolute atomic E-state index is 0.0000460. The Morgan fingerprint density at radius 1 is 0.635 bits per heavy atom. The van der Waals surface area contributed by atoms with Crippen molar-refractivity contribution in [2.24, 2.45) is 0 Å². The molecule has 2 amide bonds. The smallest absolute Gasteiger partial charge is 0.339 e. The average Bonchev–Trinajstić information content (AvgIpc) is 3.07. The number of esters is 4. The number of carboxylic acids is 1. The summed E-state index contributed by atoms with van der Waals surface area (Å²) in [5, 5.41) is 12.8. The van der Waals surface area contributed by atoms with Crippen LogP contribution >= 0.6 is 0 Å². The first-order valence-corrected chi connectivity index (χ1v) is 15.7. The van der Waals surface area contributed by atoms with Crippen molar-refractivity contribution in [2.75, 3.05) is 27.3 Å². The fourth-order valence-corrected chi connectivity index (χ4v) is 5.03. The number of carbonyl (C=O) groups excluding carboxylic acids is 6. The molecule has 0 saturated heterocycles. The van der Waals surface area contributed by atoms with Crippen molar-refractivity contribution in [1.29, 1.82) is 0 Å². The Labute approximate surface area is 298 Å². The molecule has 0 heterocycles. The molecule has 0 aliphatic rings. The molecule has 3 aromatic rings. The van der Waals surface area contributed by atoms with Crippen LogP contribution in [-0.2, 0) is 25.7 Å². The first-order chi connectivity index (χ1) is 24.7. The van der Waals surface area contributed by atoms with Gasteiger partial charge in [-0.05, 0) is 48.7 Å². The summed E-state index contributed by atoms with van der Waals surface area (Å²) in [7, 11) is 2.62. The minimum atomic E-state index is -1.34. The van der Waals surface area contributed by atoms with Crippen LogP contribution in [0, 0.1) is 0 Å². The van der Waals surface area contributed by atoms with E-state index < -0.39 is 41.7 Å². The first-order valence-electron chi connectivity index (χ1n) is 15.7. The largest absolute Gasteiger partial charge is 0.493 e. The quantitative estimate of drug-likeness (QED) is 0.122. The molecule has 0 aliphatic heterocycles. The van der Waals surface area contributed by atoms with Crippen LogP contribution in [0.3, 0.4) is 0 Å². The third-order valence-electron chi connectivity index (χ3n) is 7.07. The topological polar surface area (TPSA) is 210 Å². The maximum atomic E-state index is 14.2. The highest BCUT2D eigenvalue weighted by Crippen LogP contribution is 2.36. The highest BCUT2D eigenvalue weighted by molar-refractivity contribution is 6.00. The minimum Gasteiger partial charge on any atom is -0.493 e. The third kappa shape index (κ3) is 10.5. The van der Waals surface area contributed by atoms with Gasteiger partial charge in [-0.25, -0.2) is 4.79 Å². The number of nitrogens with one attached hydrogen (secondary N) is 1. The van der Waals surface area contributed by atoms with E-state index in [-0.39, 0.29) is 82.8 Å². The molecular weight excluding hydrogens is 684 g/mol. The van der Waals surface area contributed by atoms with Gasteiger partial charge in [-0.3, -0.25) is 28.8 Å². The van der Waals surface area contributed by atoms with Crippen LogP contribution in [0.4, 0.5) is 0 Å². The first kappa shape index (κ1) is 40.0. The van der Waals surface area contributed by atoms with Gasteiger partial charge in [0, 0.05) is 47.3 Å². The lowest BCUT2D eigenvalue weighted by Gasteiger charge is -2.26. The van der Waals surface area contributed by atoms with E-state index in [0.717, 1.165) is 27.7 Å². The molecule has 16 heteroatoms. The van der Waals surface area contributed by atoms with Gasteiger partial charge in [-0.1, -0.05) is 18.2 Å². The number of para-hydroxylation sites is 2. The van der Waals surface area contributed by atoms with Gasteiger partial charge in [-0.15, -0.1) is 0 Å². The number of benzene rings is 3. The van der Waals surface area contributed by atoms with Gasteiger partial charge in [0.1, 0.15) is 5.56 Å². The van der Waals surface area contributed by atoms with E-state index in [1.165, 1.54) is 67.7 Å². The molecule has 16 nitrogen and oxygen atoms in total. The molecule has 0 aromatic heterocycles. The summed E-state index contributed by atoms with van der Waals surface area (Å²) in [6, 6.07) is 11.3. The number of amides is 2. The van der Waals surface area contributed by atoms with Crippen LogP contribution < -0.4 is 33.7 Å². The van der Waals surface area contributed by atoms with Crippen molar-refractivity contribution < 1.29 is 67.1 Å². The van der Waals surface area contributed by atoms with Crippen LogP contribution in [-0.4, -0.2) is 79.0 Å². The van der Waals surface area contributed by atoms with Crippen molar-refractivity contribution in [3.8, 4) is 34.5 Å². The number of hydrogen-bond donors (Lipinski definition) is 2. The molecule has 0 saturated carbocycles. The summed E-state index contributed by atoms with van der Waals surface area (Å²) in [5.41, 5.74) is -0.278. The number of carboxylic acid groups (broad SMARTS) is 1. The Morgan fingerprint density at radius 2 is 1.17 bits per heavy atom. The lowest BCUT2D eigenvalue weighted by molar-refractivity contribution is -0.134. The number of carbonyl (C=O) groups is 7. The van der Waals surface area contributed by atoms with Gasteiger partial charge in [0.05, 0.1) is 25.3 Å². The molecule has 0 atom stereocenters. The summed E-state index contributed by atoms with van der Waals surface area (Å²) < 4.78 is 31.3. The fourth-order valence-electron chi connectivity index (χ4n) is 5.03. The molecule has 0 spiro atoms. The zero-order chi connectivity index (χ0) is 38.5. The third-order valence-corrected chi connectivity index (χ3v) is 7.07. The fraction of sp³-hybridized carbons (Fsp3) is 0.306. The Bertz CT molecular complexity index is 1870. The molecule has 0 unspecified atom stereocenters. The van der Waals surface area contributed by atoms with Crippen molar-refractivity contribution in [3.05, 3.63) is 70.8 Å². The van der Waals surface area contributed by atoms with Crippen LogP contribution in [0.2, 0.25) is 0 Å². The molecule has 3 rings (SSSR count). The normalized spacial score (nSPS) is 10.3. The highest BCUT2D eigenvalue weighted by atomic mass is 16.6. The molecule has 0 aliphatic carbocycles. The second kappa shape index (κ2) is 18.5. The van der Waals surface area contributed by atoms with Crippen LogP contribution in [0.25, 0.3) is 0 Å². The number of methoxy groups -OCH3 is 2. The van der Waals surface area contributed by atoms with E-state index in [1.807, 2.05) is 0 Å². The number of hydrogen-bond acceptors (Lipinski definition) is 13. The van der Waals surface area contributed by atoms with E-state index in [0.29, 0.717) is 6.42 Å². The molecule has 0 bridgehead atoms. The van der Waals surface area contributed by atoms with Crippen LogP contribution in [0.5, 0.6) is 34.5 Å². The van der Waals surface area contributed by atoms with E-state index in [9.17, 15) is 38.7 Å². The standard InChI is InChI=1S/C36H38N2O14/c1-20(39)49-28-13-9-11-25(31(28)51-22(3)41)34(43)37-17-7-8-18-38(19-24-15-16-27(47-5)33(48-6)30(24)36(45)46)35(44)26-12-10-14-29(50-21(2)40)32(26)52-23(4)42/h9-16H,7-8,17-19H2,1-6H3,(H,37,43)(H,45,46). The molecule has 3 aromatic carbocycles. The summed E-state index contributed by atoms with van der Waals surface area (Å²) in [6.07, 6.45) is 0.558. The van der Waals surface area contributed by atoms with Crippen molar-refractivity contribution >= 4 is 41.7 Å². The predicted octanol–water partition coefficient (Wildman–Crippen LogP) is 3.96. The zero-order valence-corrected chi connectivity index (χ0v) is 29.4. The summed E-state index contributed by atoms with van der Waals surface area (Å²) in [5.74, 6) is -6.39. The Balaban J connectivity index is 1.92. The molecular formula is C36H38N2O14. The molecule has 52 heavy (non-hydrogen) atoms. The van der Waals surface area contributed by atoms with E-state index in [4.69, 9.17) is 28.4 Å². The maximum absolute atomic E-state index is 14.2. The SMILES string of the molecule is COc1ccc(CN(CCCCNC(=O)c2cccc(OC(C)=O)c2OC(C)=O)C(=O)c2cccc(OC(C)=O)c2OC(C)=O)c(C(=O)O)c1OC. The monoisotopic (exact) mass is 722 g/mol. The van der Waals surface area contributed by atoms with Crippen molar-refractivity contribution in [3.63, 3.8) is 0 Å². The Hall–Kier alpha value is -6.45. The number of unbranched alkanes of at least 4 members (excludes halogenated alkanes) is 1. The average molecular weight is 723 g/mol. The predicted molar refractivity (Wildman–Crippen MR) is 181 cm³/mol. The highest BCUT2D eigenvalue weighted by Gasteiger charge is 2.28. The van der Waals surface area contributed by atoms with Crippen LogP contribution in [0.15, 0.2) is 48.5 Å². The second-order valence-electron chi connectivity index (χ2n) is 11.0. The van der Waals surface area contributed by atoms with E-state index in [2.05, 4.69) is 5.32 Å². The molecule has 276 valence electrons. The number of ether oxygens (including phenoxy) is 6. The molecule has 2 N–H and O–H groups in total. The summed E-state index contributed by atoms with van der Waals surface area (Å²) in [6.45, 7) is 4.34. The number of aromatic carboxylic acids is 1. The van der Waals surface area contributed by atoms with Gasteiger partial charge in [0.2, 0.25) is 0 Å². The van der Waals surface area contributed by atoms with Crippen molar-refractivity contribution in [2.45, 2.75) is 47.1 Å². The maximum Gasteiger partial charge on any atom is 0.339 e. The summed E-state index contributed by atoms with van der Waals surface area (Å²) >= 11 is 0. The summed E-state index contributed by atoms with van der Waals surface area (Å²) in [4.78, 5) is 88.1. The molecule has 0 radical (unpaired) electrons. The van der Waals surface area contributed by atoms with Gasteiger partial charge >= 0.3 is 29.8 Å². The van der Waals surface area contributed by atoms with Gasteiger partial charge in [0.25, 0.3) is 11.8 Å². The lowest BCUT2D eigenvalue weighted by Crippen LogP contribution is -2.33. The number of rotatable bonds is 16. The Morgan fingerprint density at radius 3 is 1.67 bits per heavy atom. The van der Waals surface area contributed by atoms with Gasteiger partial charge in [0.15, 0.2) is 34.5 Å². The van der Waals surface area contributed by atoms with Crippen LogP contribution in [0.1, 0.15) is 77.2 Å². The van der Waals surface area contributed by atoms with E-state index in [1.54, 1.807) is 0 Å². The number of nitrogens with zero attached hydrogens (tertiary/aromatic N) is 1. The lowest BCUT2D eigenvalue weighted by atomic mass is 10.0. The van der Waals surface area contributed by atoms with Gasteiger partial charge in [-0.2, -0.15) is 0 Å². The van der Waals surface area contributed by atoms with Gasteiger partial charge < -0.3 is 43.7 Å². The Kier molecular flexibility index (Phi) is 14.2. The zero-order valence-electron chi connectivity index (χ0n) is 29.4. The van der Waals surface area contributed by atoms with E-state index >= 15 is 0 Å². The second-order valence-corrected chi connectivity index (χ2v) is 11.0. The van der Waals surface area contributed by atoms with Crippen molar-refractivity contribution in [1.82, 2.24) is 10.2 Å².